The van der Waals surface area contributed by atoms with Gasteiger partial charge in [0, 0.05) is 0 Å². The summed E-state index contributed by atoms with van der Waals surface area (Å²) in [4.78, 5) is 45.5. The van der Waals surface area contributed by atoms with E-state index < -0.39 is 23.9 Å². The van der Waals surface area contributed by atoms with Crippen molar-refractivity contribution < 1.29 is 49.1 Å². The first-order valence-corrected chi connectivity index (χ1v) is 10.9. The van der Waals surface area contributed by atoms with E-state index in [2.05, 4.69) is 0 Å². The van der Waals surface area contributed by atoms with Gasteiger partial charge in [-0.2, -0.15) is 0 Å². The quantitative estimate of drug-likeness (QED) is 0.305. The van der Waals surface area contributed by atoms with E-state index in [1.54, 1.807) is 0 Å². The Morgan fingerprint density at radius 1 is 0.541 bits per heavy atom. The molecule has 0 bridgehead atoms. The summed E-state index contributed by atoms with van der Waals surface area (Å²) in [6.45, 7) is 5.61. The van der Waals surface area contributed by atoms with Gasteiger partial charge in [-0.1, -0.05) is 6.07 Å². The van der Waals surface area contributed by atoms with E-state index >= 15 is 0 Å². The second kappa shape index (κ2) is 10.8. The predicted octanol–water partition coefficient (Wildman–Crippen LogP) is 4.56. The maximum absolute atomic E-state index is 11.4. The molecule has 0 spiro atoms. The average molecular weight is 508 g/mol. The maximum atomic E-state index is 11.4. The van der Waals surface area contributed by atoms with Crippen LogP contribution in [0.15, 0.2) is 42.5 Å². The Morgan fingerprint density at radius 2 is 0.838 bits per heavy atom. The van der Waals surface area contributed by atoms with Crippen molar-refractivity contribution in [2.75, 3.05) is 0 Å². The summed E-state index contributed by atoms with van der Waals surface area (Å²) in [5.41, 5.74) is 3.24. The number of carboxylic acid groups (broad SMARTS) is 4. The zero-order valence-corrected chi connectivity index (χ0v) is 20.2. The number of aromatic carboxylic acids is 4. The standard InChI is InChI=1S/C27H24O10/c1-13-4-14(2)23(12-37-21-9-18(26(32)33)6-19(10-21)27(34)35)15(3)22(13)11-36-20-7-16(24(28)29)5-17(8-20)25(30)31/h4-10H,11-12H2,1-3H3,(H,28,29)(H,30,31)(H,32,33)(H,34,35). The second-order valence-corrected chi connectivity index (χ2v) is 8.38. The Hall–Kier alpha value is -4.86. The molecule has 0 amide bonds. The van der Waals surface area contributed by atoms with Crippen molar-refractivity contribution in [2.24, 2.45) is 0 Å². The Labute approximate surface area is 211 Å². The van der Waals surface area contributed by atoms with Gasteiger partial charge in [-0.15, -0.1) is 0 Å². The highest BCUT2D eigenvalue weighted by Gasteiger charge is 2.17. The SMILES string of the molecule is Cc1cc(C)c(COc2cc(C(=O)O)cc(C(=O)O)c2)c(C)c1COc1cc(C(=O)O)cc(C(=O)O)c1. The van der Waals surface area contributed by atoms with Crippen molar-refractivity contribution in [3.63, 3.8) is 0 Å². The van der Waals surface area contributed by atoms with E-state index in [-0.39, 0.29) is 47.0 Å². The molecule has 4 N–H and O–H groups in total. The zero-order valence-electron chi connectivity index (χ0n) is 20.2. The van der Waals surface area contributed by atoms with Gasteiger partial charge in [0.1, 0.15) is 24.7 Å². The molecule has 0 fully saturated rings. The summed E-state index contributed by atoms with van der Waals surface area (Å²) in [7, 11) is 0. The van der Waals surface area contributed by atoms with E-state index in [4.69, 9.17) is 9.47 Å². The first kappa shape index (κ1) is 26.7. The Balaban J connectivity index is 1.89. The lowest BCUT2D eigenvalue weighted by molar-refractivity contribution is 0.0675. The molecule has 0 aliphatic rings. The molecule has 0 aromatic heterocycles. The van der Waals surface area contributed by atoms with Crippen LogP contribution < -0.4 is 9.47 Å². The molecule has 3 rings (SSSR count). The number of carboxylic acids is 4. The highest BCUT2D eigenvalue weighted by atomic mass is 16.5. The molecule has 0 aliphatic heterocycles. The minimum Gasteiger partial charge on any atom is -0.489 e. The van der Waals surface area contributed by atoms with Gasteiger partial charge in [-0.05, 0) is 85.0 Å². The Morgan fingerprint density at radius 3 is 1.11 bits per heavy atom. The number of aryl methyl sites for hydroxylation is 2. The number of hydrogen-bond donors (Lipinski definition) is 4. The fraction of sp³-hybridized carbons (Fsp3) is 0.185. The number of ether oxygens (including phenoxy) is 2. The molecular weight excluding hydrogens is 484 g/mol. The molecule has 0 radical (unpaired) electrons. The molecule has 3 aromatic rings. The average Bonchev–Trinajstić information content (AvgIpc) is 2.83. The van der Waals surface area contributed by atoms with E-state index in [1.807, 2.05) is 26.8 Å². The van der Waals surface area contributed by atoms with Gasteiger partial charge in [-0.3, -0.25) is 0 Å². The largest absolute Gasteiger partial charge is 0.489 e. The molecule has 0 saturated carbocycles. The van der Waals surface area contributed by atoms with Crippen LogP contribution in [0.5, 0.6) is 11.5 Å². The van der Waals surface area contributed by atoms with Crippen LogP contribution in [-0.2, 0) is 13.2 Å². The summed E-state index contributed by atoms with van der Waals surface area (Å²) < 4.78 is 11.6. The lowest BCUT2D eigenvalue weighted by Crippen LogP contribution is -2.09. The van der Waals surface area contributed by atoms with Crippen LogP contribution in [0.2, 0.25) is 0 Å². The number of benzene rings is 3. The maximum Gasteiger partial charge on any atom is 0.335 e. The van der Waals surface area contributed by atoms with Crippen molar-refractivity contribution in [1.82, 2.24) is 0 Å². The van der Waals surface area contributed by atoms with Crippen molar-refractivity contribution in [3.8, 4) is 11.5 Å². The topological polar surface area (TPSA) is 168 Å². The molecule has 10 nitrogen and oxygen atoms in total. The summed E-state index contributed by atoms with van der Waals surface area (Å²) in [6.07, 6.45) is 0. The smallest absolute Gasteiger partial charge is 0.335 e. The van der Waals surface area contributed by atoms with Crippen molar-refractivity contribution in [2.45, 2.75) is 34.0 Å². The van der Waals surface area contributed by atoms with Gasteiger partial charge < -0.3 is 29.9 Å². The molecule has 192 valence electrons. The third-order valence-corrected chi connectivity index (χ3v) is 5.86. The number of hydrogen-bond acceptors (Lipinski definition) is 6. The van der Waals surface area contributed by atoms with Gasteiger partial charge in [0.05, 0.1) is 22.3 Å². The molecule has 0 unspecified atom stereocenters. The number of carbonyl (C=O) groups is 4. The first-order chi connectivity index (χ1) is 17.4. The Kier molecular flexibility index (Phi) is 7.82. The minimum atomic E-state index is -1.28. The van der Waals surface area contributed by atoms with Crippen molar-refractivity contribution in [3.05, 3.63) is 92.5 Å². The second-order valence-electron chi connectivity index (χ2n) is 8.38. The first-order valence-electron chi connectivity index (χ1n) is 10.9. The fourth-order valence-electron chi connectivity index (χ4n) is 3.89. The van der Waals surface area contributed by atoms with Gasteiger partial charge in [0.2, 0.25) is 0 Å². The fourth-order valence-corrected chi connectivity index (χ4v) is 3.89. The molecule has 0 aliphatic carbocycles. The summed E-state index contributed by atoms with van der Waals surface area (Å²) in [5, 5.41) is 37.1. The van der Waals surface area contributed by atoms with Crippen molar-refractivity contribution >= 4 is 23.9 Å². The van der Waals surface area contributed by atoms with E-state index in [0.717, 1.165) is 39.9 Å². The predicted molar refractivity (Wildman–Crippen MR) is 130 cm³/mol. The zero-order chi connectivity index (χ0) is 27.4. The van der Waals surface area contributed by atoms with Crippen LogP contribution in [0.1, 0.15) is 69.2 Å². The molecule has 0 saturated heterocycles. The van der Waals surface area contributed by atoms with Crippen LogP contribution in [0.3, 0.4) is 0 Å². The summed E-state index contributed by atoms with van der Waals surface area (Å²) in [5.74, 6) is -4.97. The molecule has 10 heteroatoms. The highest BCUT2D eigenvalue weighted by molar-refractivity contribution is 5.95. The molecular formula is C27H24O10. The molecule has 0 heterocycles. The van der Waals surface area contributed by atoms with Gasteiger partial charge in [0.15, 0.2) is 0 Å². The van der Waals surface area contributed by atoms with Crippen LogP contribution in [0, 0.1) is 20.8 Å². The van der Waals surface area contributed by atoms with E-state index in [9.17, 15) is 39.6 Å². The van der Waals surface area contributed by atoms with E-state index in [1.165, 1.54) is 24.3 Å². The third kappa shape index (κ3) is 6.23. The summed E-state index contributed by atoms with van der Waals surface area (Å²) >= 11 is 0. The van der Waals surface area contributed by atoms with Crippen LogP contribution in [0.4, 0.5) is 0 Å². The molecule has 0 atom stereocenters. The van der Waals surface area contributed by atoms with Gasteiger partial charge in [0.25, 0.3) is 0 Å². The molecule has 3 aromatic carbocycles. The van der Waals surface area contributed by atoms with Crippen LogP contribution >= 0.6 is 0 Å². The monoisotopic (exact) mass is 508 g/mol. The minimum absolute atomic E-state index is 0.0186. The lowest BCUT2D eigenvalue weighted by atomic mass is 9.94. The van der Waals surface area contributed by atoms with Gasteiger partial charge >= 0.3 is 23.9 Å². The molecule has 37 heavy (non-hydrogen) atoms. The van der Waals surface area contributed by atoms with E-state index in [0.29, 0.717) is 0 Å². The van der Waals surface area contributed by atoms with Crippen molar-refractivity contribution in [1.29, 1.82) is 0 Å². The summed E-state index contributed by atoms with van der Waals surface area (Å²) in [6, 6.07) is 8.96. The lowest BCUT2D eigenvalue weighted by Gasteiger charge is -2.19. The Bertz CT molecular complexity index is 1250. The van der Waals surface area contributed by atoms with Crippen LogP contribution in [-0.4, -0.2) is 44.3 Å². The normalized spacial score (nSPS) is 10.6. The third-order valence-electron chi connectivity index (χ3n) is 5.86. The van der Waals surface area contributed by atoms with Gasteiger partial charge in [-0.25, -0.2) is 19.2 Å². The highest BCUT2D eigenvalue weighted by Crippen LogP contribution is 2.27. The number of rotatable bonds is 10. The van der Waals surface area contributed by atoms with Crippen LogP contribution in [0.25, 0.3) is 0 Å².